The van der Waals surface area contributed by atoms with Crippen LogP contribution in [0.15, 0.2) is 0 Å². The third-order valence-corrected chi connectivity index (χ3v) is 5.55. The Balaban J connectivity index is 2.40. The van der Waals surface area contributed by atoms with E-state index in [9.17, 15) is 4.79 Å². The van der Waals surface area contributed by atoms with Crippen LogP contribution in [0.1, 0.15) is 26.2 Å². The summed E-state index contributed by atoms with van der Waals surface area (Å²) in [6.07, 6.45) is 3.53. The number of anilines is 2. The molecule has 1 aliphatic rings. The number of likely N-dealkylation sites (N-methyl/N-ethyl adjacent to an activating group) is 2. The van der Waals surface area contributed by atoms with E-state index in [1.807, 2.05) is 18.9 Å². The van der Waals surface area contributed by atoms with E-state index in [4.69, 9.17) is 25.8 Å². The molecule has 1 unspecified atom stereocenters. The number of aromatic nitrogens is 2. The summed E-state index contributed by atoms with van der Waals surface area (Å²) in [5.41, 5.74) is 0.619. The van der Waals surface area contributed by atoms with Gasteiger partial charge < -0.3 is 19.1 Å². The van der Waals surface area contributed by atoms with Crippen molar-refractivity contribution in [1.29, 1.82) is 0 Å². The third kappa shape index (κ3) is 6.41. The molecular weight excluding hydrogens is 410 g/mol. The highest BCUT2D eigenvalue weighted by Crippen LogP contribution is 2.37. The average Bonchev–Trinajstić information content (AvgIpc) is 3.15. The lowest BCUT2D eigenvalue weighted by Crippen LogP contribution is -2.39. The maximum Gasteiger partial charge on any atom is 0.244 e. The van der Waals surface area contributed by atoms with Gasteiger partial charge in [-0.15, -0.1) is 0 Å². The molecule has 10 heteroatoms. The summed E-state index contributed by atoms with van der Waals surface area (Å²) in [4.78, 5) is 26.4. The van der Waals surface area contributed by atoms with Gasteiger partial charge in [-0.1, -0.05) is 0 Å². The van der Waals surface area contributed by atoms with E-state index in [1.54, 1.807) is 14.2 Å². The first-order valence-corrected chi connectivity index (χ1v) is 10.7. The second kappa shape index (κ2) is 12.2. The van der Waals surface area contributed by atoms with Gasteiger partial charge in [0.25, 0.3) is 0 Å². The second-order valence-corrected chi connectivity index (χ2v) is 7.88. The predicted molar refractivity (Wildman–Crippen MR) is 118 cm³/mol. The van der Waals surface area contributed by atoms with Gasteiger partial charge in [-0.25, -0.2) is 0 Å². The summed E-state index contributed by atoms with van der Waals surface area (Å²) in [6.45, 7) is 5.14. The Hall–Kier alpha value is -1.68. The molecule has 2 rings (SSSR count). The number of hydrogen-bond acceptors (Lipinski definition) is 8. The van der Waals surface area contributed by atoms with Crippen molar-refractivity contribution in [3.63, 3.8) is 0 Å². The van der Waals surface area contributed by atoms with Crippen molar-refractivity contribution < 1.29 is 19.0 Å². The lowest BCUT2D eigenvalue weighted by atomic mass is 10.1. The van der Waals surface area contributed by atoms with Gasteiger partial charge in [-0.05, 0) is 51.4 Å². The van der Waals surface area contributed by atoms with Crippen LogP contribution in [0, 0.1) is 0 Å². The smallest absolute Gasteiger partial charge is 0.244 e. The topological polar surface area (TPSA) is 80.3 Å². The van der Waals surface area contributed by atoms with E-state index in [0.29, 0.717) is 56.2 Å². The number of hydrogen-bond donors (Lipinski definition) is 0. The van der Waals surface area contributed by atoms with Crippen molar-refractivity contribution in [1.82, 2.24) is 14.9 Å². The fraction of sp³-hybridized carbons (Fsp3) is 0.750. The predicted octanol–water partition coefficient (Wildman–Crippen LogP) is 2.07. The quantitative estimate of drug-likeness (QED) is 0.260. The van der Waals surface area contributed by atoms with E-state index in [0.717, 1.165) is 25.8 Å². The van der Waals surface area contributed by atoms with Crippen molar-refractivity contribution in [3.05, 3.63) is 5.28 Å². The molecule has 170 valence electrons. The average molecular weight is 444 g/mol. The summed E-state index contributed by atoms with van der Waals surface area (Å²) >= 11 is 6.24. The van der Waals surface area contributed by atoms with E-state index in [1.165, 1.54) is 4.90 Å². The number of halogens is 1. The molecule has 1 amide bonds. The molecule has 1 aliphatic heterocycles. The molecule has 0 aliphatic carbocycles. The maximum atomic E-state index is 11.9. The minimum absolute atomic E-state index is 0.0365. The molecule has 0 bridgehead atoms. The zero-order valence-electron chi connectivity index (χ0n) is 18.6. The molecule has 0 N–H and O–H groups in total. The van der Waals surface area contributed by atoms with Gasteiger partial charge in [0.15, 0.2) is 5.82 Å². The van der Waals surface area contributed by atoms with E-state index in [-0.39, 0.29) is 11.4 Å². The highest BCUT2D eigenvalue weighted by atomic mass is 35.5. The van der Waals surface area contributed by atoms with Crippen LogP contribution in [0.5, 0.6) is 5.88 Å². The molecule has 1 fully saturated rings. The highest BCUT2D eigenvalue weighted by molar-refractivity contribution is 6.28. The van der Waals surface area contributed by atoms with Crippen LogP contribution >= 0.6 is 11.6 Å². The molecule has 0 radical (unpaired) electrons. The molecule has 1 saturated heterocycles. The van der Waals surface area contributed by atoms with Crippen LogP contribution in [-0.4, -0.2) is 94.6 Å². The van der Waals surface area contributed by atoms with Crippen molar-refractivity contribution in [2.45, 2.75) is 38.3 Å². The lowest BCUT2D eigenvalue weighted by Gasteiger charge is -2.30. The van der Waals surface area contributed by atoms with Crippen LogP contribution in [0.25, 0.3) is 0 Å². The van der Waals surface area contributed by atoms with Crippen LogP contribution in [0.2, 0.25) is 5.28 Å². The minimum atomic E-state index is -0.0935. The number of carbonyl (C=O) groups is 1. The molecule has 1 aromatic rings. The third-order valence-electron chi connectivity index (χ3n) is 5.38. The molecule has 30 heavy (non-hydrogen) atoms. The molecule has 0 spiro atoms. The Morgan fingerprint density at radius 3 is 2.60 bits per heavy atom. The molecule has 1 aromatic heterocycles. The van der Waals surface area contributed by atoms with E-state index >= 15 is 0 Å². The maximum absolute atomic E-state index is 11.9. The number of carbonyl (C=O) groups excluding carboxylic acids is 1. The van der Waals surface area contributed by atoms with Gasteiger partial charge >= 0.3 is 0 Å². The Kier molecular flexibility index (Phi) is 10.0. The van der Waals surface area contributed by atoms with Crippen molar-refractivity contribution in [2.75, 3.05) is 71.0 Å². The van der Waals surface area contributed by atoms with Gasteiger partial charge in [0.2, 0.25) is 17.6 Å². The van der Waals surface area contributed by atoms with Gasteiger partial charge in [0.05, 0.1) is 6.61 Å². The molecule has 2 heterocycles. The number of methoxy groups -OCH3 is 2. The summed E-state index contributed by atoms with van der Waals surface area (Å²) in [7, 11) is 7.27. The first-order valence-electron chi connectivity index (χ1n) is 10.3. The summed E-state index contributed by atoms with van der Waals surface area (Å²) in [6, 6.07) is 0.295. The van der Waals surface area contributed by atoms with Crippen LogP contribution in [0.3, 0.4) is 0 Å². The van der Waals surface area contributed by atoms with Crippen LogP contribution in [-0.2, 0) is 14.3 Å². The fourth-order valence-corrected chi connectivity index (χ4v) is 3.88. The van der Waals surface area contributed by atoms with Crippen LogP contribution < -0.4 is 14.5 Å². The lowest BCUT2D eigenvalue weighted by molar-refractivity contribution is -0.107. The van der Waals surface area contributed by atoms with E-state index < -0.39 is 0 Å². The summed E-state index contributed by atoms with van der Waals surface area (Å²) in [5.74, 6) is 0.789. The standard InChI is InChI=1S/C20H34ClN5O4/c1-15(16-8-6-9-24(16)2)30-19-17(25(3)11-13-29-5)18(22-20(21)23-19)26(14-27)10-7-12-28-4/h14-16H,6-13H2,1-5H3/t15?,16-/m0/s1. The Morgan fingerprint density at radius 2 is 2.00 bits per heavy atom. The zero-order chi connectivity index (χ0) is 22.1. The number of ether oxygens (including phenoxy) is 3. The van der Waals surface area contributed by atoms with Gasteiger partial charge in [-0.2, -0.15) is 9.97 Å². The second-order valence-electron chi connectivity index (χ2n) is 7.54. The van der Waals surface area contributed by atoms with Crippen molar-refractivity contribution in [3.8, 4) is 5.88 Å². The monoisotopic (exact) mass is 443 g/mol. The van der Waals surface area contributed by atoms with Gasteiger partial charge in [0, 0.05) is 47.0 Å². The van der Waals surface area contributed by atoms with Gasteiger partial charge in [0.1, 0.15) is 11.8 Å². The first kappa shape index (κ1) is 24.6. The zero-order valence-corrected chi connectivity index (χ0v) is 19.4. The highest BCUT2D eigenvalue weighted by Gasteiger charge is 2.30. The SMILES string of the molecule is COCCCN(C=O)c1nc(Cl)nc(OC(C)[C@@H]2CCCN2C)c1N(C)CCOC. The number of nitrogens with zero attached hydrogens (tertiary/aromatic N) is 5. The number of likely N-dealkylation sites (tertiary alicyclic amines) is 1. The first-order chi connectivity index (χ1) is 14.4. The van der Waals surface area contributed by atoms with Crippen LogP contribution in [0.4, 0.5) is 11.5 Å². The Bertz CT molecular complexity index is 681. The summed E-state index contributed by atoms with van der Waals surface area (Å²) in [5, 5.41) is 0.0365. The van der Waals surface area contributed by atoms with Crippen molar-refractivity contribution in [2.24, 2.45) is 0 Å². The Labute approximate surface area is 184 Å². The normalized spacial score (nSPS) is 17.7. The largest absolute Gasteiger partial charge is 0.471 e. The van der Waals surface area contributed by atoms with Crippen molar-refractivity contribution >= 4 is 29.5 Å². The molecular formula is C20H34ClN5O4. The molecule has 0 aromatic carbocycles. The Morgan fingerprint density at radius 1 is 1.27 bits per heavy atom. The minimum Gasteiger partial charge on any atom is -0.471 e. The summed E-state index contributed by atoms with van der Waals surface area (Å²) < 4.78 is 16.7. The van der Waals surface area contributed by atoms with Gasteiger partial charge in [-0.3, -0.25) is 14.6 Å². The van der Waals surface area contributed by atoms with E-state index in [2.05, 4.69) is 21.9 Å². The molecule has 9 nitrogen and oxygen atoms in total. The fourth-order valence-electron chi connectivity index (χ4n) is 3.73. The molecule has 2 atom stereocenters. The number of rotatable bonds is 13. The molecule has 0 saturated carbocycles. The number of amides is 1.